The molecule has 1 rings (SSSR count). The summed E-state index contributed by atoms with van der Waals surface area (Å²) < 4.78 is 10.0. The van der Waals surface area contributed by atoms with Crippen LogP contribution in [0.5, 0.6) is 0 Å². The molecule has 0 unspecified atom stereocenters. The summed E-state index contributed by atoms with van der Waals surface area (Å²) in [5.74, 6) is -0.471. The molecule has 116 valence electrons. The quantitative estimate of drug-likeness (QED) is 0.744. The molecule has 21 heavy (non-hydrogen) atoms. The van der Waals surface area contributed by atoms with Crippen LogP contribution in [0.2, 0.25) is 0 Å². The van der Waals surface area contributed by atoms with Gasteiger partial charge in [0.25, 0.3) is 0 Å². The molecule has 5 heteroatoms. The van der Waals surface area contributed by atoms with E-state index in [0.717, 1.165) is 5.56 Å². The molecule has 0 aliphatic rings. The highest BCUT2D eigenvalue weighted by Crippen LogP contribution is 2.06. The zero-order valence-corrected chi connectivity index (χ0v) is 12.8. The highest BCUT2D eigenvalue weighted by atomic mass is 16.5. The van der Waals surface area contributed by atoms with Gasteiger partial charge in [-0.25, -0.2) is 4.79 Å². The van der Waals surface area contributed by atoms with Crippen LogP contribution in [-0.4, -0.2) is 31.6 Å². The van der Waals surface area contributed by atoms with Crippen molar-refractivity contribution in [3.05, 3.63) is 35.9 Å². The van der Waals surface area contributed by atoms with E-state index in [-0.39, 0.29) is 18.4 Å². The van der Waals surface area contributed by atoms with Gasteiger partial charge in [-0.2, -0.15) is 0 Å². The van der Waals surface area contributed by atoms with Crippen LogP contribution in [0.3, 0.4) is 0 Å². The second-order valence-corrected chi connectivity index (χ2v) is 5.25. The maximum Gasteiger partial charge on any atom is 0.328 e. The van der Waals surface area contributed by atoms with Crippen LogP contribution in [-0.2, 0) is 25.7 Å². The van der Waals surface area contributed by atoms with E-state index in [1.807, 2.05) is 44.2 Å². The summed E-state index contributed by atoms with van der Waals surface area (Å²) in [4.78, 5) is 23.4. The van der Waals surface area contributed by atoms with Crippen molar-refractivity contribution in [1.82, 2.24) is 5.32 Å². The molecule has 0 saturated heterocycles. The van der Waals surface area contributed by atoms with E-state index in [4.69, 9.17) is 9.47 Å². The third-order valence-corrected chi connectivity index (χ3v) is 2.87. The van der Waals surface area contributed by atoms with E-state index in [9.17, 15) is 9.59 Å². The molecule has 1 aromatic rings. The van der Waals surface area contributed by atoms with Gasteiger partial charge in [-0.15, -0.1) is 0 Å². The number of rotatable bonds is 8. The van der Waals surface area contributed by atoms with Crippen LogP contribution < -0.4 is 5.32 Å². The molecule has 1 aromatic carbocycles. The Bertz CT molecular complexity index is 445. The number of nitrogens with one attached hydrogen (secondary N) is 1. The van der Waals surface area contributed by atoms with Crippen molar-refractivity contribution in [2.75, 3.05) is 13.7 Å². The topological polar surface area (TPSA) is 64.6 Å². The van der Waals surface area contributed by atoms with Crippen LogP contribution >= 0.6 is 0 Å². The van der Waals surface area contributed by atoms with Crippen molar-refractivity contribution < 1.29 is 19.1 Å². The summed E-state index contributed by atoms with van der Waals surface area (Å²) in [6.07, 6.45) is 0.539. The van der Waals surface area contributed by atoms with Gasteiger partial charge < -0.3 is 14.8 Å². The number of hydrogen-bond donors (Lipinski definition) is 1. The van der Waals surface area contributed by atoms with E-state index in [0.29, 0.717) is 13.0 Å². The van der Waals surface area contributed by atoms with Crippen molar-refractivity contribution in [3.63, 3.8) is 0 Å². The molecule has 0 saturated carbocycles. The second-order valence-electron chi connectivity index (χ2n) is 5.25. The third kappa shape index (κ3) is 6.90. The summed E-state index contributed by atoms with van der Waals surface area (Å²) in [6, 6.07) is 8.97. The third-order valence-electron chi connectivity index (χ3n) is 2.87. The van der Waals surface area contributed by atoms with Gasteiger partial charge in [0.2, 0.25) is 5.91 Å². The molecule has 0 fully saturated rings. The molecule has 1 N–H and O–H groups in total. The Labute approximate surface area is 125 Å². The minimum Gasteiger partial charge on any atom is -0.467 e. The number of hydrogen-bond acceptors (Lipinski definition) is 4. The lowest BCUT2D eigenvalue weighted by Crippen LogP contribution is -2.43. The number of methoxy groups -OCH3 is 1. The van der Waals surface area contributed by atoms with E-state index in [1.165, 1.54) is 7.11 Å². The first-order valence-corrected chi connectivity index (χ1v) is 7.01. The molecular weight excluding hydrogens is 270 g/mol. The number of amides is 1. The lowest BCUT2D eigenvalue weighted by Gasteiger charge is -2.18. The molecule has 0 radical (unpaired) electrons. The fourth-order valence-electron chi connectivity index (χ4n) is 1.90. The lowest BCUT2D eigenvalue weighted by molar-refractivity contribution is -0.146. The summed E-state index contributed by atoms with van der Waals surface area (Å²) in [5.41, 5.74) is 0.997. The Morgan fingerprint density at radius 2 is 1.86 bits per heavy atom. The number of carbonyl (C=O) groups is 2. The average molecular weight is 293 g/mol. The van der Waals surface area contributed by atoms with Gasteiger partial charge in [-0.1, -0.05) is 44.2 Å². The van der Waals surface area contributed by atoms with Crippen LogP contribution in [0.15, 0.2) is 30.3 Å². The fraction of sp³-hybridized carbons (Fsp3) is 0.500. The van der Waals surface area contributed by atoms with Gasteiger partial charge in [-0.3, -0.25) is 4.79 Å². The molecular formula is C16H23NO4. The van der Waals surface area contributed by atoms with Gasteiger partial charge in [0.15, 0.2) is 0 Å². The molecule has 0 aliphatic carbocycles. The van der Waals surface area contributed by atoms with E-state index < -0.39 is 12.0 Å². The highest BCUT2D eigenvalue weighted by molar-refractivity contribution is 5.85. The predicted octanol–water partition coefficient (Wildman–Crippen LogP) is 1.91. The number of esters is 1. The SMILES string of the molecule is COC(=O)[C@H](CC(C)C)NC(=O)COCc1ccccc1. The maximum absolute atomic E-state index is 11.8. The van der Waals surface area contributed by atoms with E-state index in [1.54, 1.807) is 0 Å². The lowest BCUT2D eigenvalue weighted by atomic mass is 10.0. The van der Waals surface area contributed by atoms with Crippen LogP contribution in [0, 0.1) is 5.92 Å². The smallest absolute Gasteiger partial charge is 0.328 e. The molecule has 1 amide bonds. The first kappa shape index (κ1) is 17.2. The van der Waals surface area contributed by atoms with Crippen molar-refractivity contribution in [2.24, 2.45) is 5.92 Å². The fourth-order valence-corrected chi connectivity index (χ4v) is 1.90. The average Bonchev–Trinajstić information content (AvgIpc) is 2.46. The summed E-state index contributed by atoms with van der Waals surface area (Å²) in [5, 5.41) is 2.65. The number of carbonyl (C=O) groups excluding carboxylic acids is 2. The predicted molar refractivity (Wildman–Crippen MR) is 79.5 cm³/mol. The van der Waals surface area contributed by atoms with E-state index >= 15 is 0 Å². The largest absolute Gasteiger partial charge is 0.467 e. The molecule has 1 atom stereocenters. The van der Waals surface area contributed by atoms with Gasteiger partial charge >= 0.3 is 5.97 Å². The van der Waals surface area contributed by atoms with Crippen LogP contribution in [0.25, 0.3) is 0 Å². The summed E-state index contributed by atoms with van der Waals surface area (Å²) >= 11 is 0. The Hall–Kier alpha value is -1.88. The minimum atomic E-state index is -0.622. The standard InChI is InChI=1S/C16H23NO4/c1-12(2)9-14(16(19)20-3)17-15(18)11-21-10-13-7-5-4-6-8-13/h4-8,12,14H,9-11H2,1-3H3,(H,17,18)/t14-/m0/s1. The molecule has 0 aromatic heterocycles. The summed E-state index contributed by atoms with van der Waals surface area (Å²) in [6.45, 7) is 4.24. The maximum atomic E-state index is 11.8. The van der Waals surface area contributed by atoms with E-state index in [2.05, 4.69) is 5.32 Å². The van der Waals surface area contributed by atoms with Gasteiger partial charge in [-0.05, 0) is 17.9 Å². The van der Waals surface area contributed by atoms with Crippen molar-refractivity contribution in [1.29, 1.82) is 0 Å². The Morgan fingerprint density at radius 3 is 2.43 bits per heavy atom. The van der Waals surface area contributed by atoms with Crippen molar-refractivity contribution in [3.8, 4) is 0 Å². The Balaban J connectivity index is 2.37. The van der Waals surface area contributed by atoms with Crippen molar-refractivity contribution >= 4 is 11.9 Å². The van der Waals surface area contributed by atoms with Gasteiger partial charge in [0.1, 0.15) is 12.6 Å². The molecule has 0 bridgehead atoms. The summed E-state index contributed by atoms with van der Waals surface area (Å²) in [7, 11) is 1.31. The monoisotopic (exact) mass is 293 g/mol. The molecule has 0 spiro atoms. The van der Waals surface area contributed by atoms with Crippen LogP contribution in [0.1, 0.15) is 25.8 Å². The first-order chi connectivity index (χ1) is 10.0. The van der Waals surface area contributed by atoms with Gasteiger partial charge in [0.05, 0.1) is 13.7 Å². The Kier molecular flexibility index (Phi) is 7.46. The molecule has 0 heterocycles. The first-order valence-electron chi connectivity index (χ1n) is 7.01. The zero-order chi connectivity index (χ0) is 15.7. The van der Waals surface area contributed by atoms with Crippen molar-refractivity contribution in [2.45, 2.75) is 32.9 Å². The molecule has 5 nitrogen and oxygen atoms in total. The second kappa shape index (κ2) is 9.13. The highest BCUT2D eigenvalue weighted by Gasteiger charge is 2.22. The minimum absolute atomic E-state index is 0.0829. The zero-order valence-electron chi connectivity index (χ0n) is 12.8. The molecule has 0 aliphatic heterocycles. The Morgan fingerprint density at radius 1 is 1.19 bits per heavy atom. The van der Waals surface area contributed by atoms with Crippen LogP contribution in [0.4, 0.5) is 0 Å². The normalized spacial score (nSPS) is 12.0. The number of ether oxygens (including phenoxy) is 2. The van der Waals surface area contributed by atoms with Gasteiger partial charge in [0, 0.05) is 0 Å². The number of benzene rings is 1.